The Labute approximate surface area is 88.9 Å². The zero-order valence-corrected chi connectivity index (χ0v) is 8.17. The molecule has 0 amide bonds. The minimum absolute atomic E-state index is 0.0566. The zero-order chi connectivity index (χ0) is 11.8. The molecule has 3 nitrogen and oxygen atoms in total. The molecule has 2 rings (SSSR count). The van der Waals surface area contributed by atoms with Crippen LogP contribution in [0.2, 0.25) is 0 Å². The van der Waals surface area contributed by atoms with Gasteiger partial charge in [-0.3, -0.25) is 0 Å². The second-order valence-corrected chi connectivity index (χ2v) is 3.43. The highest BCUT2D eigenvalue weighted by atomic mass is 19.4. The van der Waals surface area contributed by atoms with Gasteiger partial charge in [0.05, 0.1) is 5.56 Å². The quantitative estimate of drug-likeness (QED) is 0.830. The number of hydrogen-bond acceptors (Lipinski definition) is 2. The summed E-state index contributed by atoms with van der Waals surface area (Å²) in [4.78, 5) is 6.53. The number of nitrogens with one attached hydrogen (secondary N) is 1. The normalized spacial score (nSPS) is 12.2. The van der Waals surface area contributed by atoms with Gasteiger partial charge in [-0.15, -0.1) is 0 Å². The summed E-state index contributed by atoms with van der Waals surface area (Å²) in [7, 11) is 0. The molecule has 6 heteroatoms. The molecule has 2 N–H and O–H groups in total. The minimum atomic E-state index is -4.38. The molecular formula is C10H9F3N2O. The predicted molar refractivity (Wildman–Crippen MR) is 51.9 cm³/mol. The molecule has 0 saturated carbocycles. The van der Waals surface area contributed by atoms with E-state index in [0.717, 1.165) is 12.3 Å². The Balaban J connectivity index is 2.46. The maximum Gasteiger partial charge on any atom is 0.417 e. The lowest BCUT2D eigenvalue weighted by atomic mass is 10.2. The highest BCUT2D eigenvalue weighted by Gasteiger charge is 2.31. The fourth-order valence-electron chi connectivity index (χ4n) is 1.48. The molecule has 0 radical (unpaired) electrons. The van der Waals surface area contributed by atoms with E-state index in [1.165, 1.54) is 0 Å². The van der Waals surface area contributed by atoms with Gasteiger partial charge in [-0.1, -0.05) is 0 Å². The van der Waals surface area contributed by atoms with Crippen molar-refractivity contribution in [1.82, 2.24) is 9.97 Å². The summed E-state index contributed by atoms with van der Waals surface area (Å²) in [5.74, 6) is 0. The van der Waals surface area contributed by atoms with Crippen LogP contribution < -0.4 is 0 Å². The van der Waals surface area contributed by atoms with E-state index >= 15 is 0 Å². The molecule has 0 saturated heterocycles. The first-order valence-electron chi connectivity index (χ1n) is 4.66. The summed E-state index contributed by atoms with van der Waals surface area (Å²) in [6.45, 7) is -0.0566. The molecule has 0 aliphatic rings. The van der Waals surface area contributed by atoms with Gasteiger partial charge < -0.3 is 10.1 Å². The molecule has 0 bridgehead atoms. The van der Waals surface area contributed by atoms with E-state index in [-0.39, 0.29) is 6.61 Å². The maximum atomic E-state index is 12.4. The molecule has 0 fully saturated rings. The van der Waals surface area contributed by atoms with Gasteiger partial charge in [0.2, 0.25) is 0 Å². The average Bonchev–Trinajstić information content (AvgIpc) is 2.57. The van der Waals surface area contributed by atoms with Crippen LogP contribution in [0.25, 0.3) is 11.0 Å². The van der Waals surface area contributed by atoms with Gasteiger partial charge in [0.1, 0.15) is 5.65 Å². The molecular weight excluding hydrogens is 221 g/mol. The topological polar surface area (TPSA) is 48.9 Å². The van der Waals surface area contributed by atoms with Crippen molar-refractivity contribution in [3.63, 3.8) is 0 Å². The van der Waals surface area contributed by atoms with Crippen molar-refractivity contribution < 1.29 is 18.3 Å². The highest BCUT2D eigenvalue weighted by molar-refractivity contribution is 5.77. The Bertz CT molecular complexity index is 504. The van der Waals surface area contributed by atoms with E-state index in [1.54, 1.807) is 6.07 Å². The number of halogens is 3. The lowest BCUT2D eigenvalue weighted by Crippen LogP contribution is -2.04. The Morgan fingerprint density at radius 2 is 2.06 bits per heavy atom. The van der Waals surface area contributed by atoms with Crippen LogP contribution in [0.4, 0.5) is 13.2 Å². The molecule has 0 aliphatic heterocycles. The van der Waals surface area contributed by atoms with E-state index in [4.69, 9.17) is 5.11 Å². The van der Waals surface area contributed by atoms with Crippen molar-refractivity contribution in [3.05, 3.63) is 29.6 Å². The van der Waals surface area contributed by atoms with E-state index in [2.05, 4.69) is 9.97 Å². The number of rotatable bonds is 2. The molecule has 86 valence electrons. The second kappa shape index (κ2) is 3.79. The van der Waals surface area contributed by atoms with Crippen LogP contribution in [-0.4, -0.2) is 21.7 Å². The van der Waals surface area contributed by atoms with E-state index in [1.807, 2.05) is 0 Å². The lowest BCUT2D eigenvalue weighted by molar-refractivity contribution is -0.137. The van der Waals surface area contributed by atoms with Crippen LogP contribution in [-0.2, 0) is 12.6 Å². The third-order valence-corrected chi connectivity index (χ3v) is 2.23. The number of fused-ring (bicyclic) bond motifs is 1. The summed E-state index contributed by atoms with van der Waals surface area (Å²) in [5.41, 5.74) is 0.301. The summed E-state index contributed by atoms with van der Waals surface area (Å²) in [6.07, 6.45) is -3.21. The number of aromatic nitrogens is 2. The molecule has 0 unspecified atom stereocenters. The van der Waals surface area contributed by atoms with Gasteiger partial charge in [0, 0.05) is 30.3 Å². The van der Waals surface area contributed by atoms with E-state index in [0.29, 0.717) is 23.1 Å². The largest absolute Gasteiger partial charge is 0.417 e. The fraction of sp³-hybridized carbons (Fsp3) is 0.300. The van der Waals surface area contributed by atoms with Crippen molar-refractivity contribution in [2.75, 3.05) is 6.61 Å². The summed E-state index contributed by atoms with van der Waals surface area (Å²) < 4.78 is 37.1. The van der Waals surface area contributed by atoms with Gasteiger partial charge in [0.15, 0.2) is 0 Å². The minimum Gasteiger partial charge on any atom is -0.396 e. The zero-order valence-electron chi connectivity index (χ0n) is 8.17. The first kappa shape index (κ1) is 10.9. The first-order chi connectivity index (χ1) is 7.50. The maximum absolute atomic E-state index is 12.4. The van der Waals surface area contributed by atoms with E-state index in [9.17, 15) is 13.2 Å². The molecule has 0 atom stereocenters. The van der Waals surface area contributed by atoms with Gasteiger partial charge in [0.25, 0.3) is 0 Å². The van der Waals surface area contributed by atoms with Gasteiger partial charge in [-0.2, -0.15) is 13.2 Å². The summed E-state index contributed by atoms with van der Waals surface area (Å²) in [6, 6.07) is 2.60. The second-order valence-electron chi connectivity index (χ2n) is 3.43. The lowest BCUT2D eigenvalue weighted by Gasteiger charge is -2.04. The average molecular weight is 230 g/mol. The van der Waals surface area contributed by atoms with E-state index < -0.39 is 11.7 Å². The number of hydrogen-bond donors (Lipinski definition) is 2. The smallest absolute Gasteiger partial charge is 0.396 e. The summed E-state index contributed by atoms with van der Waals surface area (Å²) in [5, 5.41) is 9.11. The van der Waals surface area contributed by atoms with Crippen LogP contribution in [0, 0.1) is 0 Å². The van der Waals surface area contributed by atoms with Crippen LogP contribution >= 0.6 is 0 Å². The predicted octanol–water partition coefficient (Wildman–Crippen LogP) is 2.12. The van der Waals surface area contributed by atoms with Crippen molar-refractivity contribution in [1.29, 1.82) is 0 Å². The van der Waals surface area contributed by atoms with Crippen LogP contribution in [0.15, 0.2) is 18.3 Å². The number of pyridine rings is 1. The number of aliphatic hydroxyl groups excluding tert-OH is 1. The van der Waals surface area contributed by atoms with Crippen LogP contribution in [0.1, 0.15) is 11.3 Å². The van der Waals surface area contributed by atoms with Crippen molar-refractivity contribution in [2.45, 2.75) is 12.6 Å². The molecule has 0 aromatic carbocycles. The Kier molecular flexibility index (Phi) is 2.59. The third kappa shape index (κ3) is 2.01. The Morgan fingerprint density at radius 3 is 2.69 bits per heavy atom. The third-order valence-electron chi connectivity index (χ3n) is 2.23. The molecule has 2 aromatic rings. The van der Waals surface area contributed by atoms with Gasteiger partial charge in [-0.25, -0.2) is 4.98 Å². The monoisotopic (exact) mass is 230 g/mol. The van der Waals surface area contributed by atoms with Crippen molar-refractivity contribution >= 4 is 11.0 Å². The van der Waals surface area contributed by atoms with Gasteiger partial charge >= 0.3 is 6.18 Å². The number of aliphatic hydroxyl groups is 1. The van der Waals surface area contributed by atoms with Crippen molar-refractivity contribution in [2.24, 2.45) is 0 Å². The molecule has 0 spiro atoms. The van der Waals surface area contributed by atoms with Crippen LogP contribution in [0.3, 0.4) is 0 Å². The molecule has 2 aromatic heterocycles. The Morgan fingerprint density at radius 1 is 1.31 bits per heavy atom. The number of nitrogens with zero attached hydrogens (tertiary/aromatic N) is 1. The molecule has 0 aliphatic carbocycles. The van der Waals surface area contributed by atoms with Crippen molar-refractivity contribution in [3.8, 4) is 0 Å². The molecule has 16 heavy (non-hydrogen) atoms. The Hall–Kier alpha value is -1.56. The van der Waals surface area contributed by atoms with Gasteiger partial charge in [-0.05, 0) is 12.1 Å². The fourth-order valence-corrected chi connectivity index (χ4v) is 1.48. The van der Waals surface area contributed by atoms with Crippen LogP contribution in [0.5, 0.6) is 0 Å². The SMILES string of the molecule is OCCc1cc2cc(C(F)(F)F)cnc2[nH]1. The number of H-pyrrole nitrogens is 1. The highest BCUT2D eigenvalue weighted by Crippen LogP contribution is 2.30. The molecule has 2 heterocycles. The first-order valence-corrected chi connectivity index (χ1v) is 4.66. The summed E-state index contributed by atoms with van der Waals surface area (Å²) >= 11 is 0. The standard InChI is InChI=1S/C10H9F3N2O/c11-10(12,13)7-3-6-4-8(1-2-16)15-9(6)14-5-7/h3-5,16H,1-2H2,(H,14,15). The number of aromatic amines is 1. The number of alkyl halides is 3.